The number of unbranched alkanes of at least 4 members (excludes halogenated alkanes) is 13. The number of phosphoric acid groups is 1. The maximum Gasteiger partial charge on any atom is 0.488 e. The SMILES string of the molecule is CCCCCCCCCCCCCCCCOP(=O)(O)ON. The average Bonchev–Trinajstić information content (AvgIpc) is 2.51. The third-order valence-corrected chi connectivity index (χ3v) is 4.66. The normalized spacial score (nSPS) is 14.1. The molecule has 0 heterocycles. The summed E-state index contributed by atoms with van der Waals surface area (Å²) in [7, 11) is -3.98. The molecule has 6 heteroatoms. The van der Waals surface area contributed by atoms with Gasteiger partial charge in [0.1, 0.15) is 0 Å². The van der Waals surface area contributed by atoms with Crippen molar-refractivity contribution in [3.05, 3.63) is 0 Å². The van der Waals surface area contributed by atoms with Gasteiger partial charge in [-0.3, -0.25) is 4.52 Å². The van der Waals surface area contributed by atoms with Crippen LogP contribution < -0.4 is 5.90 Å². The van der Waals surface area contributed by atoms with Gasteiger partial charge in [-0.25, -0.2) is 15.1 Å². The van der Waals surface area contributed by atoms with E-state index in [2.05, 4.69) is 22.0 Å². The Bertz CT molecular complexity index is 277. The summed E-state index contributed by atoms with van der Waals surface area (Å²) >= 11 is 0. The lowest BCUT2D eigenvalue weighted by Gasteiger charge is -2.07. The maximum absolute atomic E-state index is 10.9. The van der Waals surface area contributed by atoms with Crippen LogP contribution in [0.3, 0.4) is 0 Å². The molecule has 0 aromatic heterocycles. The minimum Gasteiger partial charge on any atom is -0.302 e. The first-order valence-corrected chi connectivity index (χ1v) is 10.5. The van der Waals surface area contributed by atoms with Crippen molar-refractivity contribution in [1.82, 2.24) is 0 Å². The van der Waals surface area contributed by atoms with E-state index in [0.717, 1.165) is 19.3 Å². The highest BCUT2D eigenvalue weighted by molar-refractivity contribution is 7.47. The molecule has 0 rings (SSSR count). The number of phosphoric ester groups is 1. The lowest BCUT2D eigenvalue weighted by atomic mass is 10.0. The first-order valence-electron chi connectivity index (χ1n) is 8.98. The molecular weight excluding hydrogens is 301 g/mol. The lowest BCUT2D eigenvalue weighted by Crippen LogP contribution is -2.01. The predicted octanol–water partition coefficient (Wildman–Crippen LogP) is 5.48. The smallest absolute Gasteiger partial charge is 0.302 e. The average molecular weight is 337 g/mol. The first kappa shape index (κ1) is 22.1. The topological polar surface area (TPSA) is 81.8 Å². The fourth-order valence-corrected chi connectivity index (χ4v) is 2.93. The molecule has 134 valence electrons. The van der Waals surface area contributed by atoms with E-state index in [0.29, 0.717) is 0 Å². The zero-order valence-corrected chi connectivity index (χ0v) is 15.2. The zero-order chi connectivity index (χ0) is 16.5. The summed E-state index contributed by atoms with van der Waals surface area (Å²) in [6.07, 6.45) is 17.9. The fraction of sp³-hybridized carbons (Fsp3) is 1.00. The van der Waals surface area contributed by atoms with E-state index >= 15 is 0 Å². The maximum atomic E-state index is 10.9. The Morgan fingerprint density at radius 2 is 1.14 bits per heavy atom. The molecule has 0 radical (unpaired) electrons. The van der Waals surface area contributed by atoms with Crippen LogP contribution in [0.4, 0.5) is 0 Å². The minimum absolute atomic E-state index is 0.225. The van der Waals surface area contributed by atoms with Gasteiger partial charge >= 0.3 is 7.82 Å². The zero-order valence-electron chi connectivity index (χ0n) is 14.3. The lowest BCUT2D eigenvalue weighted by molar-refractivity contribution is 0.149. The van der Waals surface area contributed by atoms with Gasteiger partial charge in [0.15, 0.2) is 0 Å². The van der Waals surface area contributed by atoms with Crippen LogP contribution in [-0.2, 0) is 13.7 Å². The Morgan fingerprint density at radius 3 is 1.50 bits per heavy atom. The molecule has 0 spiro atoms. The van der Waals surface area contributed by atoms with Crippen LogP contribution in [-0.4, -0.2) is 11.5 Å². The highest BCUT2D eigenvalue weighted by atomic mass is 31.2. The minimum atomic E-state index is -3.98. The van der Waals surface area contributed by atoms with Gasteiger partial charge in [-0.1, -0.05) is 90.4 Å². The van der Waals surface area contributed by atoms with Crippen molar-refractivity contribution >= 4 is 7.82 Å². The molecule has 0 amide bonds. The van der Waals surface area contributed by atoms with E-state index < -0.39 is 7.82 Å². The van der Waals surface area contributed by atoms with Crippen molar-refractivity contribution in [3.8, 4) is 0 Å². The second kappa shape index (κ2) is 15.9. The molecule has 0 aliphatic rings. The summed E-state index contributed by atoms with van der Waals surface area (Å²) in [5, 5.41) is 0. The largest absolute Gasteiger partial charge is 0.488 e. The summed E-state index contributed by atoms with van der Waals surface area (Å²) in [5.74, 6) is 4.63. The predicted molar refractivity (Wildman–Crippen MR) is 91.4 cm³/mol. The highest BCUT2D eigenvalue weighted by Crippen LogP contribution is 2.40. The van der Waals surface area contributed by atoms with Gasteiger partial charge in [-0.15, -0.1) is 0 Å². The molecule has 0 fully saturated rings. The van der Waals surface area contributed by atoms with E-state index in [1.165, 1.54) is 70.6 Å². The van der Waals surface area contributed by atoms with Gasteiger partial charge in [0.2, 0.25) is 0 Å². The quantitative estimate of drug-likeness (QED) is 0.209. The van der Waals surface area contributed by atoms with Crippen LogP contribution in [0.25, 0.3) is 0 Å². The summed E-state index contributed by atoms with van der Waals surface area (Å²) in [6, 6.07) is 0. The molecule has 0 bridgehead atoms. The van der Waals surface area contributed by atoms with Gasteiger partial charge < -0.3 is 4.89 Å². The molecular formula is C16H36NO4P. The molecule has 0 aliphatic heterocycles. The number of hydrogen-bond donors (Lipinski definition) is 2. The number of rotatable bonds is 17. The summed E-state index contributed by atoms with van der Waals surface area (Å²) in [6.45, 7) is 2.48. The molecule has 3 N–H and O–H groups in total. The number of nitrogens with two attached hydrogens (primary N) is 1. The molecule has 0 saturated heterocycles. The van der Waals surface area contributed by atoms with Gasteiger partial charge in [0.05, 0.1) is 6.61 Å². The molecule has 0 saturated carbocycles. The molecule has 22 heavy (non-hydrogen) atoms. The molecule has 1 unspecified atom stereocenters. The monoisotopic (exact) mass is 337 g/mol. The van der Waals surface area contributed by atoms with E-state index in [9.17, 15) is 4.57 Å². The molecule has 1 atom stereocenters. The third kappa shape index (κ3) is 16.4. The van der Waals surface area contributed by atoms with Crippen molar-refractivity contribution in [2.24, 2.45) is 5.90 Å². The molecule has 5 nitrogen and oxygen atoms in total. The first-order chi connectivity index (χ1) is 10.6. The summed E-state index contributed by atoms with van der Waals surface area (Å²) in [4.78, 5) is 8.91. The Hall–Kier alpha value is 0.0700. The van der Waals surface area contributed by atoms with Crippen molar-refractivity contribution in [1.29, 1.82) is 0 Å². The van der Waals surface area contributed by atoms with Crippen molar-refractivity contribution in [2.45, 2.75) is 96.8 Å². The van der Waals surface area contributed by atoms with Gasteiger partial charge in [-0.05, 0) is 6.42 Å². The standard InChI is InChI=1S/C16H36NO4P/c1-2-3-4-5-6-7-8-9-10-11-12-13-14-15-16-20-22(18,19)21-17/h2-17H2,1H3,(H,18,19). The van der Waals surface area contributed by atoms with Crippen LogP contribution in [0.1, 0.15) is 96.8 Å². The van der Waals surface area contributed by atoms with E-state index in [-0.39, 0.29) is 6.61 Å². The van der Waals surface area contributed by atoms with Crippen LogP contribution in [0.2, 0.25) is 0 Å². The third-order valence-electron chi connectivity index (χ3n) is 3.89. The van der Waals surface area contributed by atoms with Crippen LogP contribution >= 0.6 is 7.82 Å². The molecule has 0 aromatic carbocycles. The molecule has 0 aliphatic carbocycles. The van der Waals surface area contributed by atoms with E-state index in [1.54, 1.807) is 0 Å². The van der Waals surface area contributed by atoms with Crippen LogP contribution in [0.15, 0.2) is 0 Å². The Morgan fingerprint density at radius 1 is 0.773 bits per heavy atom. The number of hydrogen-bond acceptors (Lipinski definition) is 4. The van der Waals surface area contributed by atoms with E-state index in [4.69, 9.17) is 4.89 Å². The van der Waals surface area contributed by atoms with Crippen LogP contribution in [0.5, 0.6) is 0 Å². The summed E-state index contributed by atoms with van der Waals surface area (Å²) < 4.78 is 19.4. The highest BCUT2D eigenvalue weighted by Gasteiger charge is 2.18. The van der Waals surface area contributed by atoms with Crippen molar-refractivity contribution < 1.29 is 18.6 Å². The van der Waals surface area contributed by atoms with Gasteiger partial charge in [0, 0.05) is 0 Å². The Labute approximate surface area is 136 Å². The fourth-order valence-electron chi connectivity index (χ4n) is 2.51. The van der Waals surface area contributed by atoms with E-state index in [1.807, 2.05) is 0 Å². The van der Waals surface area contributed by atoms with Crippen molar-refractivity contribution in [3.63, 3.8) is 0 Å². The van der Waals surface area contributed by atoms with Gasteiger partial charge in [-0.2, -0.15) is 0 Å². The van der Waals surface area contributed by atoms with Crippen LogP contribution in [0, 0.1) is 0 Å². The Kier molecular flexibility index (Phi) is 16.0. The summed E-state index contributed by atoms with van der Waals surface area (Å²) in [5.41, 5.74) is 0. The Balaban J connectivity index is 3.07. The molecule has 0 aromatic rings. The van der Waals surface area contributed by atoms with Gasteiger partial charge in [0.25, 0.3) is 0 Å². The second-order valence-electron chi connectivity index (χ2n) is 6.00. The second-order valence-corrected chi connectivity index (χ2v) is 7.41. The van der Waals surface area contributed by atoms with Crippen molar-refractivity contribution in [2.75, 3.05) is 6.61 Å².